The number of rotatable bonds is 9. The van der Waals surface area contributed by atoms with E-state index in [1.807, 2.05) is 4.90 Å². The smallest absolute Gasteiger partial charge is 0.414 e. The summed E-state index contributed by atoms with van der Waals surface area (Å²) >= 11 is 0. The van der Waals surface area contributed by atoms with Gasteiger partial charge in [-0.05, 0) is 18.2 Å². The van der Waals surface area contributed by atoms with Crippen LogP contribution < -0.4 is 15.1 Å². The number of benzene rings is 1. The van der Waals surface area contributed by atoms with E-state index in [2.05, 4.69) is 15.6 Å². The van der Waals surface area contributed by atoms with Gasteiger partial charge in [0.2, 0.25) is 5.91 Å². The van der Waals surface area contributed by atoms with Crippen molar-refractivity contribution in [3.05, 3.63) is 36.4 Å². The van der Waals surface area contributed by atoms with Crippen LogP contribution in [0.1, 0.15) is 0 Å². The van der Waals surface area contributed by atoms with Gasteiger partial charge < -0.3 is 24.6 Å². The van der Waals surface area contributed by atoms with Crippen molar-refractivity contribution in [3.63, 3.8) is 0 Å². The molecule has 1 aromatic carbocycles. The number of halogens is 1. The van der Waals surface area contributed by atoms with Gasteiger partial charge in [-0.2, -0.15) is 0 Å². The van der Waals surface area contributed by atoms with Crippen LogP contribution in [0.5, 0.6) is 0 Å². The lowest BCUT2D eigenvalue weighted by molar-refractivity contribution is -0.130. The van der Waals surface area contributed by atoms with Crippen molar-refractivity contribution in [1.29, 1.82) is 0 Å². The summed E-state index contributed by atoms with van der Waals surface area (Å²) in [5, 5.41) is 10.7. The predicted molar refractivity (Wildman–Crippen MR) is 118 cm³/mol. The van der Waals surface area contributed by atoms with E-state index in [-0.39, 0.29) is 12.5 Å². The fourth-order valence-corrected chi connectivity index (χ4v) is 3.96. The molecule has 1 atom stereocenters. The Bertz CT molecular complexity index is 950. The lowest BCUT2D eigenvalue weighted by atomic mass is 10.2. The molecule has 2 amide bonds. The molecule has 2 aliphatic heterocycles. The minimum Gasteiger partial charge on any atom is -0.442 e. The minimum absolute atomic E-state index is 0.0227. The van der Waals surface area contributed by atoms with Crippen molar-refractivity contribution in [2.24, 2.45) is 0 Å². The molecule has 1 aromatic heterocycles. The third-order valence-electron chi connectivity index (χ3n) is 5.71. The molecule has 2 aliphatic rings. The van der Waals surface area contributed by atoms with Crippen LogP contribution in [0.3, 0.4) is 0 Å². The van der Waals surface area contributed by atoms with Crippen LogP contribution >= 0.6 is 0 Å². The number of carbonyl (C=O) groups is 2. The number of methoxy groups -OCH3 is 1. The molecule has 1 N–H and O–H groups in total. The van der Waals surface area contributed by atoms with E-state index in [0.717, 1.165) is 0 Å². The van der Waals surface area contributed by atoms with Crippen LogP contribution in [0.25, 0.3) is 0 Å². The maximum Gasteiger partial charge on any atom is 0.414 e. The second kappa shape index (κ2) is 10.6. The molecule has 12 heteroatoms. The fraction of sp³-hybridized carbons (Fsp3) is 0.524. The van der Waals surface area contributed by atoms with E-state index >= 15 is 0 Å². The van der Waals surface area contributed by atoms with Gasteiger partial charge in [-0.3, -0.25) is 9.69 Å². The average Bonchev–Trinajstić information content (AvgIpc) is 3.46. The monoisotopic (exact) mass is 461 g/mol. The third kappa shape index (κ3) is 5.57. The minimum atomic E-state index is -0.515. The number of nitrogens with zero attached hydrogens (tertiary/aromatic N) is 6. The zero-order chi connectivity index (χ0) is 23.2. The van der Waals surface area contributed by atoms with Crippen molar-refractivity contribution in [2.45, 2.75) is 12.6 Å². The van der Waals surface area contributed by atoms with Crippen LogP contribution in [0, 0.1) is 5.82 Å². The predicted octanol–water partition coefficient (Wildman–Crippen LogP) is 0.327. The first-order valence-electron chi connectivity index (χ1n) is 10.9. The maximum absolute atomic E-state index is 15.0. The molecule has 0 spiro atoms. The summed E-state index contributed by atoms with van der Waals surface area (Å²) in [6, 6.07) is 4.74. The van der Waals surface area contributed by atoms with E-state index in [9.17, 15) is 14.0 Å². The van der Waals surface area contributed by atoms with Crippen LogP contribution in [-0.2, 0) is 20.8 Å². The molecule has 0 radical (unpaired) electrons. The van der Waals surface area contributed by atoms with Gasteiger partial charge in [0.15, 0.2) is 0 Å². The van der Waals surface area contributed by atoms with Crippen molar-refractivity contribution < 1.29 is 23.5 Å². The highest BCUT2D eigenvalue weighted by molar-refractivity contribution is 5.90. The number of carbonyl (C=O) groups excluding carboxylic acids is 2. The van der Waals surface area contributed by atoms with Crippen LogP contribution in [0.4, 0.5) is 20.6 Å². The Morgan fingerprint density at radius 3 is 2.82 bits per heavy atom. The second-order valence-electron chi connectivity index (χ2n) is 7.91. The SMILES string of the molecule is COCCNCC(=O)N1CCN(c2ccc(N3C[C@H](Cn4ccnn4)OC3=O)cc2F)CC1. The molecule has 2 fully saturated rings. The largest absolute Gasteiger partial charge is 0.442 e. The Balaban J connectivity index is 1.31. The second-order valence-corrected chi connectivity index (χ2v) is 7.91. The fourth-order valence-electron chi connectivity index (χ4n) is 3.96. The molecular weight excluding hydrogens is 433 g/mol. The van der Waals surface area contributed by atoms with Gasteiger partial charge in [0.1, 0.15) is 11.9 Å². The highest BCUT2D eigenvalue weighted by atomic mass is 19.1. The lowest BCUT2D eigenvalue weighted by Gasteiger charge is -2.36. The van der Waals surface area contributed by atoms with Gasteiger partial charge in [-0.15, -0.1) is 5.10 Å². The van der Waals surface area contributed by atoms with Crippen molar-refractivity contribution in [3.8, 4) is 0 Å². The number of ether oxygens (including phenoxy) is 2. The molecule has 0 unspecified atom stereocenters. The quantitative estimate of drug-likeness (QED) is 0.533. The normalized spacial score (nSPS) is 18.7. The summed E-state index contributed by atoms with van der Waals surface area (Å²) in [6.07, 6.45) is 2.34. The summed E-state index contributed by atoms with van der Waals surface area (Å²) in [4.78, 5) is 29.7. The maximum atomic E-state index is 15.0. The highest BCUT2D eigenvalue weighted by Gasteiger charge is 2.33. The number of piperazine rings is 1. The molecule has 0 bridgehead atoms. The van der Waals surface area contributed by atoms with Crippen molar-refractivity contribution in [1.82, 2.24) is 25.2 Å². The number of anilines is 2. The molecule has 0 aliphatic carbocycles. The van der Waals surface area contributed by atoms with E-state index in [4.69, 9.17) is 9.47 Å². The topological polar surface area (TPSA) is 105 Å². The molecule has 2 saturated heterocycles. The summed E-state index contributed by atoms with van der Waals surface area (Å²) < 4.78 is 26.9. The highest BCUT2D eigenvalue weighted by Crippen LogP contribution is 2.28. The van der Waals surface area contributed by atoms with Gasteiger partial charge in [-0.1, -0.05) is 5.21 Å². The van der Waals surface area contributed by atoms with Crippen LogP contribution in [0.15, 0.2) is 30.6 Å². The first-order chi connectivity index (χ1) is 16.0. The van der Waals surface area contributed by atoms with Crippen LogP contribution in [-0.4, -0.2) is 97.5 Å². The standard InChI is InChI=1S/C21H28FN7O4/c1-32-11-5-23-13-20(30)27-9-7-26(8-10-27)19-3-2-16(12-18(19)22)29-15-17(33-21(29)31)14-28-6-4-24-25-28/h2-4,6,12,17,23H,5,7-11,13-15H2,1H3/t17-/m0/s1. The Morgan fingerprint density at radius 2 is 2.12 bits per heavy atom. The first-order valence-corrected chi connectivity index (χ1v) is 10.9. The number of cyclic esters (lactones) is 1. The van der Waals surface area contributed by atoms with Gasteiger partial charge in [0, 0.05) is 46.0 Å². The molecule has 33 heavy (non-hydrogen) atoms. The van der Waals surface area contributed by atoms with Gasteiger partial charge in [0.25, 0.3) is 0 Å². The molecule has 0 saturated carbocycles. The van der Waals surface area contributed by atoms with E-state index in [1.54, 1.807) is 41.2 Å². The molecule has 178 valence electrons. The summed E-state index contributed by atoms with van der Waals surface area (Å²) in [5.41, 5.74) is 0.897. The molecular formula is C21H28FN7O4. The first kappa shape index (κ1) is 22.9. The molecule has 2 aromatic rings. The number of aromatic nitrogens is 3. The molecule has 3 heterocycles. The Labute approximate surface area is 191 Å². The number of nitrogens with one attached hydrogen (secondary N) is 1. The summed E-state index contributed by atoms with van der Waals surface area (Å²) in [6.45, 7) is 4.22. The Kier molecular flexibility index (Phi) is 7.35. The van der Waals surface area contributed by atoms with Crippen molar-refractivity contribution >= 4 is 23.4 Å². The number of hydrogen-bond acceptors (Lipinski definition) is 8. The average molecular weight is 461 g/mol. The van der Waals surface area contributed by atoms with Crippen molar-refractivity contribution in [2.75, 3.05) is 69.3 Å². The number of hydrogen-bond donors (Lipinski definition) is 1. The van der Waals surface area contributed by atoms with E-state index in [1.165, 1.54) is 11.0 Å². The molecule has 4 rings (SSSR count). The summed E-state index contributed by atoms with van der Waals surface area (Å²) in [7, 11) is 1.61. The third-order valence-corrected chi connectivity index (χ3v) is 5.71. The molecule has 11 nitrogen and oxygen atoms in total. The summed E-state index contributed by atoms with van der Waals surface area (Å²) in [5.74, 6) is -0.393. The zero-order valence-electron chi connectivity index (χ0n) is 18.5. The van der Waals surface area contributed by atoms with Gasteiger partial charge >= 0.3 is 6.09 Å². The van der Waals surface area contributed by atoms with Gasteiger partial charge in [-0.25, -0.2) is 13.9 Å². The van der Waals surface area contributed by atoms with Gasteiger partial charge in [0.05, 0.1) is 43.8 Å². The van der Waals surface area contributed by atoms with E-state index < -0.39 is 18.0 Å². The lowest BCUT2D eigenvalue weighted by Crippen LogP contribution is -2.51. The van der Waals surface area contributed by atoms with E-state index in [0.29, 0.717) is 63.8 Å². The Hall–Kier alpha value is -3.25. The van der Waals surface area contributed by atoms with Crippen LogP contribution in [0.2, 0.25) is 0 Å². The number of amides is 2. The zero-order valence-corrected chi connectivity index (χ0v) is 18.5. The Morgan fingerprint density at radius 1 is 1.30 bits per heavy atom.